The maximum absolute atomic E-state index is 5.39. The number of nitrogens with zero attached hydrogens (tertiary/aromatic N) is 1. The highest BCUT2D eigenvalue weighted by atomic mass is 16.5. The summed E-state index contributed by atoms with van der Waals surface area (Å²) >= 11 is 0. The van der Waals surface area contributed by atoms with Crippen LogP contribution in [0.1, 0.15) is 26.7 Å². The Morgan fingerprint density at radius 2 is 1.90 bits per heavy atom. The van der Waals surface area contributed by atoms with E-state index in [1.54, 1.807) is 0 Å². The third-order valence-corrected chi connectivity index (χ3v) is 2.40. The van der Waals surface area contributed by atoms with Crippen molar-refractivity contribution in [3.8, 4) is 0 Å². The Kier molecular flexibility index (Phi) is 2.32. The fraction of sp³-hybridized carbons (Fsp3) is 1.00. The lowest BCUT2D eigenvalue weighted by atomic mass is 9.91. The molecule has 1 spiro atoms. The fourth-order valence-corrected chi connectivity index (χ4v) is 1.42. The molecule has 1 atom stereocenters. The number of likely N-dealkylation sites (tertiary alicyclic amines) is 1. The Morgan fingerprint density at radius 1 is 1.30 bits per heavy atom. The largest absolute Gasteiger partial charge is 0.360 e. The lowest BCUT2D eigenvalue weighted by Crippen LogP contribution is -2.65. The van der Waals surface area contributed by atoms with Gasteiger partial charge in [0.1, 0.15) is 5.72 Å². The van der Waals surface area contributed by atoms with Crippen LogP contribution < -0.4 is 0 Å². The highest BCUT2D eigenvalue weighted by Gasteiger charge is 2.48. The van der Waals surface area contributed by atoms with Crippen LogP contribution in [0.5, 0.6) is 0 Å². The number of hydrogen-bond donors (Lipinski definition) is 0. The van der Waals surface area contributed by atoms with Gasteiger partial charge in [-0.2, -0.15) is 0 Å². The highest BCUT2D eigenvalue weighted by molar-refractivity contribution is 4.94. The van der Waals surface area contributed by atoms with Crippen LogP contribution in [0.15, 0.2) is 0 Å². The standard InChI is InChI=1S/C6H11NO.C2H6/c1-7-4-2-6(7)3-5-8-6;1-2/h2-5H2,1H3;1-2H3. The zero-order valence-corrected chi connectivity index (χ0v) is 7.18. The van der Waals surface area contributed by atoms with Crippen molar-refractivity contribution in [2.24, 2.45) is 0 Å². The number of hydrogen-bond acceptors (Lipinski definition) is 2. The van der Waals surface area contributed by atoms with Crippen molar-refractivity contribution >= 4 is 0 Å². The average molecular weight is 143 g/mol. The van der Waals surface area contributed by atoms with E-state index in [2.05, 4.69) is 11.9 Å². The average Bonchev–Trinajstić information content (AvgIpc) is 1.86. The molecule has 10 heavy (non-hydrogen) atoms. The monoisotopic (exact) mass is 143 g/mol. The van der Waals surface area contributed by atoms with Gasteiger partial charge in [-0.05, 0) is 7.05 Å². The van der Waals surface area contributed by atoms with Gasteiger partial charge in [-0.25, -0.2) is 0 Å². The second-order valence-corrected chi connectivity index (χ2v) is 2.72. The summed E-state index contributed by atoms with van der Waals surface area (Å²) in [5.41, 5.74) is 0.236. The molecule has 2 heterocycles. The Morgan fingerprint density at radius 3 is 1.90 bits per heavy atom. The number of ether oxygens (including phenoxy) is 1. The van der Waals surface area contributed by atoms with Crippen molar-refractivity contribution in [2.75, 3.05) is 20.2 Å². The predicted octanol–water partition coefficient (Wildman–Crippen LogP) is 1.46. The predicted molar refractivity (Wildman–Crippen MR) is 41.9 cm³/mol. The van der Waals surface area contributed by atoms with Crippen LogP contribution in [0.3, 0.4) is 0 Å². The molecule has 2 aliphatic rings. The van der Waals surface area contributed by atoms with E-state index in [1.807, 2.05) is 13.8 Å². The quantitative estimate of drug-likeness (QED) is 0.509. The van der Waals surface area contributed by atoms with Gasteiger partial charge in [-0.1, -0.05) is 13.8 Å². The third kappa shape index (κ3) is 0.956. The van der Waals surface area contributed by atoms with E-state index in [4.69, 9.17) is 4.74 Å². The molecule has 0 saturated carbocycles. The summed E-state index contributed by atoms with van der Waals surface area (Å²) in [7, 11) is 2.13. The molecular formula is C8H17NO. The Bertz CT molecular complexity index is 104. The molecule has 2 aliphatic heterocycles. The molecule has 0 bridgehead atoms. The van der Waals surface area contributed by atoms with Gasteiger partial charge in [0.15, 0.2) is 0 Å². The first-order valence-corrected chi connectivity index (χ1v) is 4.19. The molecule has 2 rings (SSSR count). The summed E-state index contributed by atoms with van der Waals surface area (Å²) in [6.45, 7) is 6.20. The maximum Gasteiger partial charge on any atom is 0.124 e. The smallest absolute Gasteiger partial charge is 0.124 e. The van der Waals surface area contributed by atoms with Gasteiger partial charge in [-0.15, -0.1) is 0 Å². The zero-order chi connectivity index (χ0) is 7.61. The zero-order valence-electron chi connectivity index (χ0n) is 7.18. The molecule has 0 aromatic rings. The molecule has 60 valence electrons. The summed E-state index contributed by atoms with van der Waals surface area (Å²) in [5.74, 6) is 0. The molecule has 2 fully saturated rings. The minimum Gasteiger partial charge on any atom is -0.360 e. The van der Waals surface area contributed by atoms with Gasteiger partial charge < -0.3 is 4.74 Å². The molecule has 1 unspecified atom stereocenters. The summed E-state index contributed by atoms with van der Waals surface area (Å²) in [5, 5.41) is 0. The van der Waals surface area contributed by atoms with Crippen LogP contribution in [0, 0.1) is 0 Å². The van der Waals surface area contributed by atoms with Crippen molar-refractivity contribution in [1.82, 2.24) is 4.90 Å². The molecule has 0 aromatic heterocycles. The molecular weight excluding hydrogens is 126 g/mol. The van der Waals surface area contributed by atoms with Crippen LogP contribution in [0.4, 0.5) is 0 Å². The van der Waals surface area contributed by atoms with Gasteiger partial charge in [-0.3, -0.25) is 4.90 Å². The maximum atomic E-state index is 5.39. The third-order valence-electron chi connectivity index (χ3n) is 2.40. The topological polar surface area (TPSA) is 12.5 Å². The van der Waals surface area contributed by atoms with Crippen molar-refractivity contribution in [1.29, 1.82) is 0 Å². The molecule has 0 radical (unpaired) electrons. The lowest BCUT2D eigenvalue weighted by molar-refractivity contribution is -0.281. The molecule has 0 amide bonds. The second kappa shape index (κ2) is 2.89. The van der Waals surface area contributed by atoms with Crippen molar-refractivity contribution in [3.05, 3.63) is 0 Å². The van der Waals surface area contributed by atoms with Gasteiger partial charge in [0.25, 0.3) is 0 Å². The van der Waals surface area contributed by atoms with E-state index >= 15 is 0 Å². The first-order valence-electron chi connectivity index (χ1n) is 4.19. The normalized spacial score (nSPS) is 37.5. The molecule has 2 nitrogen and oxygen atoms in total. The minimum absolute atomic E-state index is 0.236. The van der Waals surface area contributed by atoms with Crippen LogP contribution in [0.2, 0.25) is 0 Å². The van der Waals surface area contributed by atoms with Crippen LogP contribution >= 0.6 is 0 Å². The summed E-state index contributed by atoms with van der Waals surface area (Å²) in [6, 6.07) is 0. The summed E-state index contributed by atoms with van der Waals surface area (Å²) < 4.78 is 5.39. The SMILES string of the molecule is CC.CN1CCC12CCO2. The number of rotatable bonds is 0. The Hall–Kier alpha value is -0.0800. The van der Waals surface area contributed by atoms with Gasteiger partial charge in [0.05, 0.1) is 6.61 Å². The van der Waals surface area contributed by atoms with Crippen molar-refractivity contribution in [2.45, 2.75) is 32.4 Å². The van der Waals surface area contributed by atoms with E-state index in [0.717, 1.165) is 6.61 Å². The first kappa shape index (κ1) is 8.02. The summed E-state index contributed by atoms with van der Waals surface area (Å²) in [4.78, 5) is 2.29. The van der Waals surface area contributed by atoms with Crippen molar-refractivity contribution < 1.29 is 4.74 Å². The highest BCUT2D eigenvalue weighted by Crippen LogP contribution is 2.39. The van der Waals surface area contributed by atoms with E-state index in [-0.39, 0.29) is 5.72 Å². The molecule has 2 saturated heterocycles. The van der Waals surface area contributed by atoms with Crippen LogP contribution in [0.25, 0.3) is 0 Å². The molecule has 0 N–H and O–H groups in total. The van der Waals surface area contributed by atoms with Gasteiger partial charge in [0.2, 0.25) is 0 Å². The first-order chi connectivity index (χ1) is 4.83. The van der Waals surface area contributed by atoms with E-state index in [0.29, 0.717) is 0 Å². The second-order valence-electron chi connectivity index (χ2n) is 2.72. The fourth-order valence-electron chi connectivity index (χ4n) is 1.42. The van der Waals surface area contributed by atoms with Gasteiger partial charge >= 0.3 is 0 Å². The molecule has 2 heteroatoms. The lowest BCUT2D eigenvalue weighted by Gasteiger charge is -2.56. The Balaban J connectivity index is 0.000000231. The summed E-state index contributed by atoms with van der Waals surface area (Å²) in [6.07, 6.45) is 2.51. The van der Waals surface area contributed by atoms with Gasteiger partial charge in [0, 0.05) is 19.4 Å². The van der Waals surface area contributed by atoms with Crippen LogP contribution in [-0.4, -0.2) is 30.8 Å². The van der Waals surface area contributed by atoms with Crippen LogP contribution in [-0.2, 0) is 4.74 Å². The minimum atomic E-state index is 0.236. The van der Waals surface area contributed by atoms with E-state index in [1.165, 1.54) is 19.4 Å². The molecule has 0 aromatic carbocycles. The molecule has 0 aliphatic carbocycles. The van der Waals surface area contributed by atoms with E-state index < -0.39 is 0 Å². The van der Waals surface area contributed by atoms with E-state index in [9.17, 15) is 0 Å². The van der Waals surface area contributed by atoms with Crippen molar-refractivity contribution in [3.63, 3.8) is 0 Å². The Labute approximate surface area is 63.2 Å².